The summed E-state index contributed by atoms with van der Waals surface area (Å²) in [7, 11) is 0. The third kappa shape index (κ3) is 5.58. The molecule has 210 valence electrons. The minimum Gasteiger partial charge on any atom is -0.393 e. The van der Waals surface area contributed by atoms with Crippen LogP contribution >= 0.6 is 11.6 Å². The van der Waals surface area contributed by atoms with Crippen LogP contribution in [0.2, 0.25) is 5.02 Å². The van der Waals surface area contributed by atoms with Gasteiger partial charge < -0.3 is 15.3 Å². The summed E-state index contributed by atoms with van der Waals surface area (Å²) in [6, 6.07) is 8.24. The van der Waals surface area contributed by atoms with E-state index >= 15 is 0 Å². The number of nitrogens with zero attached hydrogens (tertiary/aromatic N) is 4. The van der Waals surface area contributed by atoms with E-state index in [1.165, 1.54) is 57.1 Å². The molecule has 0 radical (unpaired) electrons. The van der Waals surface area contributed by atoms with E-state index in [1.54, 1.807) is 0 Å². The molecule has 8 heteroatoms. The van der Waals surface area contributed by atoms with Gasteiger partial charge in [0.2, 0.25) is 5.91 Å². The van der Waals surface area contributed by atoms with Gasteiger partial charge in [0, 0.05) is 31.8 Å². The van der Waals surface area contributed by atoms with Gasteiger partial charge in [0.1, 0.15) is 6.07 Å². The highest BCUT2D eigenvalue weighted by molar-refractivity contribution is 6.32. The first-order valence-corrected chi connectivity index (χ1v) is 15.6. The Kier molecular flexibility index (Phi) is 7.90. The first-order valence-electron chi connectivity index (χ1n) is 15.2. The molecule has 1 aromatic rings. The summed E-state index contributed by atoms with van der Waals surface area (Å²) in [4.78, 5) is 15.0. The van der Waals surface area contributed by atoms with Crippen molar-refractivity contribution in [2.45, 2.75) is 102 Å². The number of halogens is 1. The van der Waals surface area contributed by atoms with Crippen molar-refractivity contribution in [3.63, 3.8) is 0 Å². The number of benzene rings is 1. The zero-order valence-corrected chi connectivity index (χ0v) is 23.7. The fourth-order valence-corrected chi connectivity index (χ4v) is 8.20. The maximum atomic E-state index is 13.0. The van der Waals surface area contributed by atoms with E-state index in [9.17, 15) is 15.2 Å². The van der Waals surface area contributed by atoms with E-state index < -0.39 is 0 Å². The van der Waals surface area contributed by atoms with E-state index in [0.717, 1.165) is 31.5 Å². The summed E-state index contributed by atoms with van der Waals surface area (Å²) in [6.45, 7) is 2.29. The number of nitrogens with one attached hydrogen (secondary N) is 1. The molecule has 0 bridgehead atoms. The van der Waals surface area contributed by atoms with Gasteiger partial charge in [-0.1, -0.05) is 24.4 Å². The minimum atomic E-state index is -0.251. The zero-order chi connectivity index (χ0) is 27.0. The molecule has 3 heterocycles. The zero-order valence-electron chi connectivity index (χ0n) is 23.0. The van der Waals surface area contributed by atoms with Crippen molar-refractivity contribution in [3.05, 3.63) is 28.8 Å². The molecule has 2 atom stereocenters. The van der Waals surface area contributed by atoms with Crippen molar-refractivity contribution >= 4 is 28.9 Å². The highest BCUT2D eigenvalue weighted by atomic mass is 35.5. The largest absolute Gasteiger partial charge is 0.393 e. The Labute approximate surface area is 237 Å². The number of carbonyl (C=O) groups excluding carboxylic acids is 1. The second kappa shape index (κ2) is 11.4. The van der Waals surface area contributed by atoms with Gasteiger partial charge in [-0.15, -0.1) is 0 Å². The number of hydrazone groups is 1. The fraction of sp³-hybridized carbons (Fsp3) is 0.710. The lowest BCUT2D eigenvalue weighted by Crippen LogP contribution is -2.55. The SMILES string of the molecule is N#Cc1ccc(N2N=C(C3CCC4(CC3)CCC(C(=O)N3CCC(O)CC3)NC4)CC2C2CCCC2)cc1Cl. The average Bonchev–Trinajstić information content (AvgIpc) is 3.65. The highest BCUT2D eigenvalue weighted by Crippen LogP contribution is 2.47. The molecule has 2 aliphatic carbocycles. The fourth-order valence-electron chi connectivity index (χ4n) is 7.99. The van der Waals surface area contributed by atoms with Gasteiger partial charge in [-0.3, -0.25) is 9.80 Å². The van der Waals surface area contributed by atoms with E-state index in [4.69, 9.17) is 16.7 Å². The van der Waals surface area contributed by atoms with Gasteiger partial charge in [0.05, 0.1) is 34.5 Å². The normalized spacial score (nSPS) is 32.4. The molecule has 2 saturated heterocycles. The van der Waals surface area contributed by atoms with Crippen molar-refractivity contribution < 1.29 is 9.90 Å². The van der Waals surface area contributed by atoms with Gasteiger partial charge in [-0.05, 0) is 99.7 Å². The van der Waals surface area contributed by atoms with Gasteiger partial charge >= 0.3 is 0 Å². The molecule has 2 N–H and O–H groups in total. The van der Waals surface area contributed by atoms with Crippen LogP contribution in [0.3, 0.4) is 0 Å². The van der Waals surface area contributed by atoms with E-state index in [0.29, 0.717) is 59.8 Å². The Morgan fingerprint density at radius 3 is 2.44 bits per heavy atom. The van der Waals surface area contributed by atoms with Crippen LogP contribution < -0.4 is 10.3 Å². The number of aliphatic hydroxyl groups excluding tert-OH is 1. The highest BCUT2D eigenvalue weighted by Gasteiger charge is 2.44. The minimum absolute atomic E-state index is 0.0669. The third-order valence-electron chi connectivity index (χ3n) is 10.5. The summed E-state index contributed by atoms with van der Waals surface area (Å²) in [5.74, 6) is 1.42. The van der Waals surface area contributed by atoms with Crippen LogP contribution in [0, 0.1) is 28.6 Å². The first-order chi connectivity index (χ1) is 18.9. The number of aliphatic hydroxyl groups is 1. The lowest BCUT2D eigenvalue weighted by atomic mass is 9.65. The number of hydrogen-bond donors (Lipinski definition) is 2. The number of anilines is 1. The molecular formula is C31H42ClN5O2. The number of amides is 1. The van der Waals surface area contributed by atoms with Crippen LogP contribution in [-0.4, -0.2) is 59.4 Å². The second-order valence-corrected chi connectivity index (χ2v) is 13.2. The van der Waals surface area contributed by atoms with E-state index in [-0.39, 0.29) is 18.1 Å². The Morgan fingerprint density at radius 1 is 1.08 bits per heavy atom. The smallest absolute Gasteiger partial charge is 0.239 e. The van der Waals surface area contributed by atoms with Crippen molar-refractivity contribution in [2.75, 3.05) is 24.6 Å². The van der Waals surface area contributed by atoms with E-state index in [1.807, 2.05) is 23.1 Å². The van der Waals surface area contributed by atoms with Crippen molar-refractivity contribution in [1.82, 2.24) is 10.2 Å². The molecule has 3 aliphatic heterocycles. The number of rotatable bonds is 4. The molecule has 6 rings (SSSR count). The molecule has 0 aromatic heterocycles. The predicted molar refractivity (Wildman–Crippen MR) is 154 cm³/mol. The summed E-state index contributed by atoms with van der Waals surface area (Å²) < 4.78 is 0. The van der Waals surface area contributed by atoms with Gasteiger partial charge in [0.25, 0.3) is 0 Å². The maximum Gasteiger partial charge on any atom is 0.239 e. The van der Waals surface area contributed by atoms with Crippen LogP contribution in [0.1, 0.15) is 89.0 Å². The Bertz CT molecular complexity index is 1120. The Hall–Kier alpha value is -2.14. The lowest BCUT2D eigenvalue weighted by molar-refractivity contribution is -0.136. The van der Waals surface area contributed by atoms with Crippen LogP contribution in [-0.2, 0) is 4.79 Å². The summed E-state index contributed by atoms with van der Waals surface area (Å²) in [5.41, 5.74) is 3.17. The Balaban J connectivity index is 1.08. The summed E-state index contributed by atoms with van der Waals surface area (Å²) >= 11 is 6.43. The molecule has 1 aromatic carbocycles. The number of likely N-dealkylation sites (tertiary alicyclic amines) is 1. The van der Waals surface area contributed by atoms with Crippen molar-refractivity contribution in [1.29, 1.82) is 5.26 Å². The standard InChI is InChI=1S/C31H42ClN5O2/c32-26-17-24(6-5-23(26)19-33)37-29(22-3-1-2-4-22)18-28(35-37)21-7-12-31(13-8-21)14-9-27(34-20-31)30(39)36-15-10-25(38)11-16-36/h5-6,17,21-22,25,27,29,34,38H,1-4,7-16,18,20H2. The topological polar surface area (TPSA) is 92.0 Å². The van der Waals surface area contributed by atoms with Crippen molar-refractivity contribution in [3.8, 4) is 6.07 Å². The first kappa shape index (κ1) is 27.1. The number of carbonyl (C=O) groups is 1. The summed E-state index contributed by atoms with van der Waals surface area (Å²) in [6.07, 6.45) is 14.1. The van der Waals surface area contributed by atoms with Crippen LogP contribution in [0.5, 0.6) is 0 Å². The molecule has 1 amide bonds. The average molecular weight is 552 g/mol. The molecule has 2 unspecified atom stereocenters. The van der Waals surface area contributed by atoms with Crippen LogP contribution in [0.15, 0.2) is 23.3 Å². The van der Waals surface area contributed by atoms with Gasteiger partial charge in [-0.2, -0.15) is 10.4 Å². The molecule has 4 fully saturated rings. The molecule has 1 spiro atoms. The molecular weight excluding hydrogens is 510 g/mol. The molecule has 7 nitrogen and oxygen atoms in total. The van der Waals surface area contributed by atoms with Gasteiger partial charge in [0.15, 0.2) is 0 Å². The molecule has 5 aliphatic rings. The van der Waals surface area contributed by atoms with Crippen LogP contribution in [0.4, 0.5) is 5.69 Å². The van der Waals surface area contributed by atoms with Crippen molar-refractivity contribution in [2.24, 2.45) is 22.4 Å². The predicted octanol–water partition coefficient (Wildman–Crippen LogP) is 5.25. The summed E-state index contributed by atoms with van der Waals surface area (Å²) in [5, 5.41) is 30.7. The molecule has 2 saturated carbocycles. The molecule has 39 heavy (non-hydrogen) atoms. The number of hydrogen-bond acceptors (Lipinski definition) is 6. The third-order valence-corrected chi connectivity index (χ3v) is 10.8. The monoisotopic (exact) mass is 551 g/mol. The van der Waals surface area contributed by atoms with Crippen LogP contribution in [0.25, 0.3) is 0 Å². The maximum absolute atomic E-state index is 13.0. The Morgan fingerprint density at radius 2 is 1.79 bits per heavy atom. The quantitative estimate of drug-likeness (QED) is 0.533. The lowest BCUT2D eigenvalue weighted by Gasteiger charge is -2.46. The number of piperidine rings is 2. The second-order valence-electron chi connectivity index (χ2n) is 12.8. The van der Waals surface area contributed by atoms with Gasteiger partial charge in [-0.25, -0.2) is 0 Å². The number of nitriles is 1. The van der Waals surface area contributed by atoms with E-state index in [2.05, 4.69) is 16.4 Å².